The lowest BCUT2D eigenvalue weighted by Gasteiger charge is -2.18. The van der Waals surface area contributed by atoms with Crippen molar-refractivity contribution in [3.8, 4) is 0 Å². The Hall–Kier alpha value is -1.42. The number of rotatable bonds is 3. The summed E-state index contributed by atoms with van der Waals surface area (Å²) in [7, 11) is 0. The smallest absolute Gasteiger partial charge is 0.123 e. The molecule has 2 aromatic rings. The van der Waals surface area contributed by atoms with E-state index in [0.717, 1.165) is 16.7 Å². The first-order valence-corrected chi connectivity index (χ1v) is 5.97. The van der Waals surface area contributed by atoms with Gasteiger partial charge in [-0.2, -0.15) is 0 Å². The van der Waals surface area contributed by atoms with Gasteiger partial charge >= 0.3 is 0 Å². The second-order valence-corrected chi connectivity index (χ2v) is 4.59. The molecule has 94 valence electrons. The predicted octanol–water partition coefficient (Wildman–Crippen LogP) is 3.34. The minimum absolute atomic E-state index is 0.280. The van der Waals surface area contributed by atoms with E-state index in [2.05, 4.69) is 5.43 Å². The van der Waals surface area contributed by atoms with Crippen LogP contribution in [0.2, 0.25) is 5.02 Å². The van der Waals surface area contributed by atoms with Crippen LogP contribution in [-0.4, -0.2) is 0 Å². The van der Waals surface area contributed by atoms with Crippen LogP contribution in [0.5, 0.6) is 0 Å². The fourth-order valence-electron chi connectivity index (χ4n) is 2.01. The van der Waals surface area contributed by atoms with Crippen molar-refractivity contribution in [1.29, 1.82) is 0 Å². The van der Waals surface area contributed by atoms with Crippen molar-refractivity contribution in [3.63, 3.8) is 0 Å². The van der Waals surface area contributed by atoms with Gasteiger partial charge in [0.1, 0.15) is 5.82 Å². The van der Waals surface area contributed by atoms with Gasteiger partial charge in [0.2, 0.25) is 0 Å². The summed E-state index contributed by atoms with van der Waals surface area (Å²) < 4.78 is 13.4. The zero-order chi connectivity index (χ0) is 13.1. The van der Waals surface area contributed by atoms with Gasteiger partial charge in [-0.25, -0.2) is 9.82 Å². The lowest BCUT2D eigenvalue weighted by Crippen LogP contribution is -2.29. The van der Waals surface area contributed by atoms with Crippen molar-refractivity contribution < 1.29 is 4.39 Å². The van der Waals surface area contributed by atoms with Crippen LogP contribution in [0, 0.1) is 12.7 Å². The largest absolute Gasteiger partial charge is 0.271 e. The number of hydrazine groups is 1. The van der Waals surface area contributed by atoms with Gasteiger partial charge in [0.15, 0.2) is 0 Å². The first-order valence-electron chi connectivity index (χ1n) is 5.59. The number of halogens is 2. The fourth-order valence-corrected chi connectivity index (χ4v) is 2.25. The Bertz CT molecular complexity index is 537. The molecule has 0 saturated carbocycles. The van der Waals surface area contributed by atoms with E-state index in [4.69, 9.17) is 17.4 Å². The highest BCUT2D eigenvalue weighted by Gasteiger charge is 2.16. The van der Waals surface area contributed by atoms with Crippen molar-refractivity contribution >= 4 is 11.6 Å². The molecule has 18 heavy (non-hydrogen) atoms. The van der Waals surface area contributed by atoms with E-state index >= 15 is 0 Å². The van der Waals surface area contributed by atoms with Crippen LogP contribution < -0.4 is 11.3 Å². The summed E-state index contributed by atoms with van der Waals surface area (Å²) in [5.41, 5.74) is 5.10. The molecule has 0 bridgehead atoms. The highest BCUT2D eigenvalue weighted by Crippen LogP contribution is 2.28. The normalized spacial score (nSPS) is 12.4. The Morgan fingerprint density at radius 3 is 2.56 bits per heavy atom. The zero-order valence-electron chi connectivity index (χ0n) is 9.95. The lowest BCUT2D eigenvalue weighted by molar-refractivity contribution is 0.604. The van der Waals surface area contributed by atoms with Crippen LogP contribution in [0.25, 0.3) is 0 Å². The molecule has 0 heterocycles. The van der Waals surface area contributed by atoms with E-state index in [1.54, 1.807) is 6.07 Å². The molecule has 0 spiro atoms. The minimum atomic E-state index is -0.326. The molecule has 2 nitrogen and oxygen atoms in total. The van der Waals surface area contributed by atoms with Crippen LogP contribution in [0.15, 0.2) is 42.5 Å². The second-order valence-electron chi connectivity index (χ2n) is 4.18. The SMILES string of the molecule is Cc1cc(F)cc(C(NN)c2ccccc2Cl)c1. The van der Waals surface area contributed by atoms with Gasteiger partial charge in [0.05, 0.1) is 6.04 Å². The number of aryl methyl sites for hydroxylation is 1. The van der Waals surface area contributed by atoms with Crippen LogP contribution >= 0.6 is 11.6 Å². The molecule has 2 aromatic carbocycles. The van der Waals surface area contributed by atoms with Crippen LogP contribution in [0.4, 0.5) is 4.39 Å². The standard InChI is InChI=1S/C14H14ClFN2/c1-9-6-10(8-11(16)7-9)14(18-17)12-4-2-3-5-13(12)15/h2-8,14,18H,17H2,1H3. The molecule has 0 saturated heterocycles. The summed E-state index contributed by atoms with van der Waals surface area (Å²) in [6.45, 7) is 1.84. The van der Waals surface area contributed by atoms with Crippen molar-refractivity contribution in [2.45, 2.75) is 13.0 Å². The third kappa shape index (κ3) is 2.70. The van der Waals surface area contributed by atoms with E-state index < -0.39 is 0 Å². The van der Waals surface area contributed by atoms with Crippen LogP contribution in [-0.2, 0) is 0 Å². The fraction of sp³-hybridized carbons (Fsp3) is 0.143. The average molecular weight is 265 g/mol. The number of benzene rings is 2. The summed E-state index contributed by atoms with van der Waals surface area (Å²) in [6.07, 6.45) is 0. The average Bonchev–Trinajstić information content (AvgIpc) is 2.31. The van der Waals surface area contributed by atoms with Gasteiger partial charge in [-0.15, -0.1) is 0 Å². The zero-order valence-corrected chi connectivity index (χ0v) is 10.7. The van der Waals surface area contributed by atoms with E-state index in [1.165, 1.54) is 12.1 Å². The first kappa shape index (κ1) is 13.0. The van der Waals surface area contributed by atoms with E-state index in [1.807, 2.05) is 31.2 Å². The summed E-state index contributed by atoms with van der Waals surface area (Å²) in [6, 6.07) is 11.9. The van der Waals surface area contributed by atoms with Crippen molar-refractivity contribution in [3.05, 3.63) is 70.0 Å². The topological polar surface area (TPSA) is 38.0 Å². The molecular formula is C14H14ClFN2. The molecule has 0 amide bonds. The van der Waals surface area contributed by atoms with E-state index in [0.29, 0.717) is 5.02 Å². The summed E-state index contributed by atoms with van der Waals surface area (Å²) in [5, 5.41) is 0.599. The highest BCUT2D eigenvalue weighted by molar-refractivity contribution is 6.31. The number of hydrogen-bond donors (Lipinski definition) is 2. The highest BCUT2D eigenvalue weighted by atomic mass is 35.5. The molecule has 0 aromatic heterocycles. The number of nitrogens with one attached hydrogen (secondary N) is 1. The van der Waals surface area contributed by atoms with Crippen molar-refractivity contribution in [1.82, 2.24) is 5.43 Å². The summed E-state index contributed by atoms with van der Waals surface area (Å²) in [5.74, 6) is 5.29. The second kappa shape index (κ2) is 5.48. The third-order valence-corrected chi connectivity index (χ3v) is 3.12. The van der Waals surface area contributed by atoms with Gasteiger partial charge in [0, 0.05) is 5.02 Å². The Kier molecular flexibility index (Phi) is 3.97. The minimum Gasteiger partial charge on any atom is -0.271 e. The number of nitrogens with two attached hydrogens (primary N) is 1. The molecule has 2 rings (SSSR count). The quantitative estimate of drug-likeness (QED) is 0.659. The molecule has 1 atom stereocenters. The molecule has 1 unspecified atom stereocenters. The third-order valence-electron chi connectivity index (χ3n) is 2.78. The predicted molar refractivity (Wildman–Crippen MR) is 71.8 cm³/mol. The Balaban J connectivity index is 2.48. The summed E-state index contributed by atoms with van der Waals surface area (Å²) in [4.78, 5) is 0. The molecule has 0 aliphatic heterocycles. The maximum Gasteiger partial charge on any atom is 0.123 e. The monoisotopic (exact) mass is 264 g/mol. The maximum atomic E-state index is 13.4. The molecule has 4 heteroatoms. The Morgan fingerprint density at radius 2 is 1.94 bits per heavy atom. The summed E-state index contributed by atoms with van der Waals surface area (Å²) >= 11 is 6.14. The maximum absolute atomic E-state index is 13.4. The molecule has 3 N–H and O–H groups in total. The molecular weight excluding hydrogens is 251 g/mol. The van der Waals surface area contributed by atoms with E-state index in [-0.39, 0.29) is 11.9 Å². The van der Waals surface area contributed by atoms with Crippen molar-refractivity contribution in [2.75, 3.05) is 0 Å². The first-order chi connectivity index (χ1) is 8.61. The van der Waals surface area contributed by atoms with Crippen LogP contribution in [0.1, 0.15) is 22.7 Å². The van der Waals surface area contributed by atoms with Gasteiger partial charge in [-0.1, -0.05) is 35.9 Å². The van der Waals surface area contributed by atoms with Gasteiger partial charge < -0.3 is 0 Å². The Labute approximate surface area is 111 Å². The van der Waals surface area contributed by atoms with Crippen molar-refractivity contribution in [2.24, 2.45) is 5.84 Å². The van der Waals surface area contributed by atoms with Gasteiger partial charge in [-0.3, -0.25) is 5.84 Å². The number of hydrogen-bond acceptors (Lipinski definition) is 2. The van der Waals surface area contributed by atoms with Crippen LogP contribution in [0.3, 0.4) is 0 Å². The lowest BCUT2D eigenvalue weighted by atomic mass is 9.97. The van der Waals surface area contributed by atoms with E-state index in [9.17, 15) is 4.39 Å². The molecule has 0 aliphatic carbocycles. The molecule has 0 fully saturated rings. The van der Waals surface area contributed by atoms with Gasteiger partial charge in [-0.05, 0) is 41.8 Å². The Morgan fingerprint density at radius 1 is 1.22 bits per heavy atom. The molecule has 0 radical (unpaired) electrons. The molecule has 0 aliphatic rings. The van der Waals surface area contributed by atoms with Gasteiger partial charge in [0.25, 0.3) is 0 Å².